The molecule has 5 heteroatoms. The maximum atomic E-state index is 12.5. The normalized spacial score (nSPS) is 13.1. The minimum absolute atomic E-state index is 0.197. The molecule has 0 radical (unpaired) electrons. The molecule has 1 N–H and O–H groups in total. The van der Waals surface area contributed by atoms with Crippen LogP contribution in [-0.2, 0) is 17.6 Å². The van der Waals surface area contributed by atoms with Crippen LogP contribution in [0.2, 0.25) is 5.02 Å². The van der Waals surface area contributed by atoms with Gasteiger partial charge < -0.3 is 5.32 Å². The summed E-state index contributed by atoms with van der Waals surface area (Å²) in [6.45, 7) is 0. The summed E-state index contributed by atoms with van der Waals surface area (Å²) in [5.41, 5.74) is 3.95. The van der Waals surface area contributed by atoms with Gasteiger partial charge in [-0.25, -0.2) is 4.68 Å². The summed E-state index contributed by atoms with van der Waals surface area (Å²) in [5, 5.41) is 8.33. The van der Waals surface area contributed by atoms with E-state index in [1.165, 1.54) is 6.08 Å². The van der Waals surface area contributed by atoms with Crippen molar-refractivity contribution >= 4 is 29.4 Å². The van der Waals surface area contributed by atoms with E-state index >= 15 is 0 Å². The van der Waals surface area contributed by atoms with Crippen molar-refractivity contribution in [1.29, 1.82) is 0 Å². The summed E-state index contributed by atoms with van der Waals surface area (Å²) in [6.07, 6.45) is 6.19. The molecule has 4 rings (SSSR count). The molecule has 0 unspecified atom stereocenters. The molecular formula is C21H18ClN3O. The van der Waals surface area contributed by atoms with E-state index in [9.17, 15) is 4.79 Å². The van der Waals surface area contributed by atoms with Gasteiger partial charge in [-0.05, 0) is 49.1 Å². The average molecular weight is 364 g/mol. The number of para-hydroxylation sites is 1. The lowest BCUT2D eigenvalue weighted by molar-refractivity contribution is -0.111. The highest BCUT2D eigenvalue weighted by Crippen LogP contribution is 2.31. The number of anilines is 1. The number of aromatic nitrogens is 2. The largest absolute Gasteiger partial charge is 0.307 e. The van der Waals surface area contributed by atoms with Crippen LogP contribution >= 0.6 is 11.6 Å². The Kier molecular flexibility index (Phi) is 4.59. The first-order chi connectivity index (χ1) is 12.7. The maximum absolute atomic E-state index is 12.5. The van der Waals surface area contributed by atoms with E-state index in [0.717, 1.165) is 47.6 Å². The van der Waals surface area contributed by atoms with Crippen LogP contribution in [0.5, 0.6) is 0 Å². The molecule has 1 heterocycles. The summed E-state index contributed by atoms with van der Waals surface area (Å²) in [6, 6.07) is 17.3. The van der Waals surface area contributed by atoms with E-state index in [1.807, 2.05) is 53.2 Å². The van der Waals surface area contributed by atoms with Gasteiger partial charge in [-0.2, -0.15) is 5.10 Å². The number of aryl methyl sites for hydroxylation is 1. The Bertz CT molecular complexity index is 976. The van der Waals surface area contributed by atoms with Crippen molar-refractivity contribution in [3.05, 3.63) is 82.5 Å². The van der Waals surface area contributed by atoms with E-state index in [4.69, 9.17) is 16.7 Å². The first-order valence-electron chi connectivity index (χ1n) is 8.62. The monoisotopic (exact) mass is 363 g/mol. The molecule has 1 aliphatic carbocycles. The third-order valence-electron chi connectivity index (χ3n) is 4.47. The van der Waals surface area contributed by atoms with Crippen LogP contribution in [-0.4, -0.2) is 15.7 Å². The zero-order valence-electron chi connectivity index (χ0n) is 14.2. The van der Waals surface area contributed by atoms with E-state index in [0.29, 0.717) is 5.02 Å². The minimum Gasteiger partial charge on any atom is -0.307 e. The van der Waals surface area contributed by atoms with Gasteiger partial charge in [0.05, 0.1) is 11.4 Å². The van der Waals surface area contributed by atoms with Gasteiger partial charge in [0.2, 0.25) is 5.91 Å². The van der Waals surface area contributed by atoms with Crippen LogP contribution in [0.15, 0.2) is 60.7 Å². The van der Waals surface area contributed by atoms with Gasteiger partial charge in [-0.3, -0.25) is 4.79 Å². The van der Waals surface area contributed by atoms with Gasteiger partial charge >= 0.3 is 0 Å². The SMILES string of the molecule is O=C(C=Cc1ccccc1Cl)Nc1c2c(nn1-c1ccccc1)CCC2. The molecule has 0 bridgehead atoms. The number of nitrogens with zero attached hydrogens (tertiary/aromatic N) is 2. The molecule has 0 fully saturated rings. The first kappa shape index (κ1) is 16.6. The molecule has 0 saturated carbocycles. The van der Waals surface area contributed by atoms with Crippen LogP contribution in [0.25, 0.3) is 11.8 Å². The highest BCUT2D eigenvalue weighted by Gasteiger charge is 2.23. The standard InChI is InChI=1S/C21H18ClN3O/c22-18-11-5-4-7-15(18)13-14-20(26)23-21-17-10-6-12-19(17)24-25(21)16-8-2-1-3-9-16/h1-5,7-9,11,13-14H,6,10,12H2,(H,23,26). The molecule has 0 spiro atoms. The zero-order chi connectivity index (χ0) is 17.9. The minimum atomic E-state index is -0.197. The molecule has 1 aromatic heterocycles. The predicted molar refractivity (Wildman–Crippen MR) is 105 cm³/mol. The number of hydrogen-bond acceptors (Lipinski definition) is 2. The molecule has 3 aromatic rings. The van der Waals surface area contributed by atoms with Gasteiger partial charge in [0.15, 0.2) is 0 Å². The lowest BCUT2D eigenvalue weighted by atomic mass is 10.2. The van der Waals surface area contributed by atoms with Crippen molar-refractivity contribution in [2.75, 3.05) is 5.32 Å². The van der Waals surface area contributed by atoms with Crippen molar-refractivity contribution in [1.82, 2.24) is 9.78 Å². The van der Waals surface area contributed by atoms with Crippen LogP contribution in [0, 0.1) is 0 Å². The summed E-state index contributed by atoms with van der Waals surface area (Å²) >= 11 is 6.14. The summed E-state index contributed by atoms with van der Waals surface area (Å²) in [4.78, 5) is 12.5. The second-order valence-corrected chi connectivity index (χ2v) is 6.63. The van der Waals surface area contributed by atoms with Crippen LogP contribution in [0.3, 0.4) is 0 Å². The Morgan fingerprint density at radius 2 is 1.85 bits per heavy atom. The number of hydrogen-bond donors (Lipinski definition) is 1. The summed E-state index contributed by atoms with van der Waals surface area (Å²) in [7, 11) is 0. The fourth-order valence-electron chi connectivity index (χ4n) is 3.21. The van der Waals surface area contributed by atoms with Gasteiger partial charge in [-0.15, -0.1) is 0 Å². The van der Waals surface area contributed by atoms with Crippen LogP contribution in [0.4, 0.5) is 5.82 Å². The Morgan fingerprint density at radius 1 is 1.08 bits per heavy atom. The van der Waals surface area contributed by atoms with E-state index in [2.05, 4.69) is 5.32 Å². The van der Waals surface area contributed by atoms with Gasteiger partial charge in [-0.1, -0.05) is 48.0 Å². The number of amides is 1. The molecule has 26 heavy (non-hydrogen) atoms. The fraction of sp³-hybridized carbons (Fsp3) is 0.143. The molecule has 2 aromatic carbocycles. The number of carbonyl (C=O) groups is 1. The molecule has 0 saturated heterocycles. The van der Waals surface area contributed by atoms with Crippen LogP contribution in [0.1, 0.15) is 23.2 Å². The Labute approximate surface area is 157 Å². The van der Waals surface area contributed by atoms with E-state index in [1.54, 1.807) is 12.1 Å². The maximum Gasteiger partial charge on any atom is 0.249 e. The highest BCUT2D eigenvalue weighted by atomic mass is 35.5. The Hall–Kier alpha value is -2.85. The molecule has 130 valence electrons. The number of carbonyl (C=O) groups excluding carboxylic acids is 1. The smallest absolute Gasteiger partial charge is 0.249 e. The third-order valence-corrected chi connectivity index (χ3v) is 4.81. The number of halogens is 1. The van der Waals surface area contributed by atoms with Crippen molar-refractivity contribution in [2.24, 2.45) is 0 Å². The second kappa shape index (κ2) is 7.18. The summed E-state index contributed by atoms with van der Waals surface area (Å²) in [5.74, 6) is 0.564. The van der Waals surface area contributed by atoms with E-state index < -0.39 is 0 Å². The van der Waals surface area contributed by atoms with Gasteiger partial charge in [0.1, 0.15) is 5.82 Å². The fourth-order valence-corrected chi connectivity index (χ4v) is 3.41. The Morgan fingerprint density at radius 3 is 2.65 bits per heavy atom. The first-order valence-corrected chi connectivity index (χ1v) is 9.00. The Balaban J connectivity index is 1.62. The second-order valence-electron chi connectivity index (χ2n) is 6.22. The topological polar surface area (TPSA) is 46.9 Å². The molecule has 1 amide bonds. The lowest BCUT2D eigenvalue weighted by Crippen LogP contribution is -2.13. The van der Waals surface area contributed by atoms with Crippen molar-refractivity contribution in [3.8, 4) is 5.69 Å². The molecule has 0 aliphatic heterocycles. The van der Waals surface area contributed by atoms with E-state index in [-0.39, 0.29) is 5.91 Å². The highest BCUT2D eigenvalue weighted by molar-refractivity contribution is 6.32. The quantitative estimate of drug-likeness (QED) is 0.685. The molecular weight excluding hydrogens is 346 g/mol. The van der Waals surface area contributed by atoms with Gasteiger partial charge in [0, 0.05) is 16.7 Å². The van der Waals surface area contributed by atoms with Crippen LogP contribution < -0.4 is 5.32 Å². The van der Waals surface area contributed by atoms with Crippen molar-refractivity contribution < 1.29 is 4.79 Å². The molecule has 0 atom stereocenters. The number of benzene rings is 2. The average Bonchev–Trinajstić information content (AvgIpc) is 3.24. The summed E-state index contributed by atoms with van der Waals surface area (Å²) < 4.78 is 1.82. The molecule has 4 nitrogen and oxygen atoms in total. The number of fused-ring (bicyclic) bond motifs is 1. The number of rotatable bonds is 4. The van der Waals surface area contributed by atoms with Gasteiger partial charge in [0.25, 0.3) is 0 Å². The zero-order valence-corrected chi connectivity index (χ0v) is 14.9. The third kappa shape index (κ3) is 3.28. The molecule has 1 aliphatic rings. The number of nitrogens with one attached hydrogen (secondary N) is 1. The predicted octanol–water partition coefficient (Wildman–Crippen LogP) is 4.67. The van der Waals surface area contributed by atoms with Crippen molar-refractivity contribution in [3.63, 3.8) is 0 Å². The van der Waals surface area contributed by atoms with Crippen molar-refractivity contribution in [2.45, 2.75) is 19.3 Å². The lowest BCUT2D eigenvalue weighted by Gasteiger charge is -2.09.